The number of para-hydroxylation sites is 1. The fourth-order valence-electron chi connectivity index (χ4n) is 2.73. The quantitative estimate of drug-likeness (QED) is 0.565. The molecule has 0 saturated carbocycles. The summed E-state index contributed by atoms with van der Waals surface area (Å²) in [7, 11) is 0. The van der Waals surface area contributed by atoms with Gasteiger partial charge in [-0.15, -0.1) is 0 Å². The maximum atomic E-state index is 12.0. The standard InChI is InChI=1S/C20H15N3O2/c24-20(25-16-5-2-1-3-6-16)23-15-11-14(12-21-13-15)17-7-4-8-19-18(17)9-10-22-19/h1-13,22H,(H,23,24). The van der Waals surface area contributed by atoms with Gasteiger partial charge in [-0.05, 0) is 35.9 Å². The minimum absolute atomic E-state index is 0.487. The molecule has 2 heterocycles. The Kier molecular flexibility index (Phi) is 3.88. The number of nitrogens with zero attached hydrogens (tertiary/aromatic N) is 1. The Labute approximate surface area is 144 Å². The molecule has 5 nitrogen and oxygen atoms in total. The van der Waals surface area contributed by atoms with Gasteiger partial charge in [0, 0.05) is 28.9 Å². The van der Waals surface area contributed by atoms with Crippen molar-refractivity contribution in [2.45, 2.75) is 0 Å². The predicted octanol–water partition coefficient (Wildman–Crippen LogP) is 4.84. The summed E-state index contributed by atoms with van der Waals surface area (Å²) >= 11 is 0. The van der Waals surface area contributed by atoms with Crippen molar-refractivity contribution >= 4 is 22.7 Å². The number of aromatic amines is 1. The van der Waals surface area contributed by atoms with Gasteiger partial charge in [-0.1, -0.05) is 30.3 Å². The molecule has 122 valence electrons. The number of amides is 1. The van der Waals surface area contributed by atoms with Crippen LogP contribution in [0.5, 0.6) is 5.75 Å². The summed E-state index contributed by atoms with van der Waals surface area (Å²) in [5.41, 5.74) is 3.60. The average Bonchev–Trinajstić information content (AvgIpc) is 3.11. The van der Waals surface area contributed by atoms with E-state index in [1.165, 1.54) is 0 Å². The zero-order valence-electron chi connectivity index (χ0n) is 13.3. The summed E-state index contributed by atoms with van der Waals surface area (Å²) in [5, 5.41) is 3.82. The SMILES string of the molecule is O=C(Nc1cncc(-c2cccc3[nH]ccc23)c1)Oc1ccccc1. The fourth-order valence-corrected chi connectivity index (χ4v) is 2.73. The van der Waals surface area contributed by atoms with Crippen molar-refractivity contribution in [2.24, 2.45) is 0 Å². The Balaban J connectivity index is 1.57. The van der Waals surface area contributed by atoms with E-state index in [1.807, 2.05) is 54.7 Å². The van der Waals surface area contributed by atoms with Gasteiger partial charge in [-0.25, -0.2) is 4.79 Å². The Hall–Kier alpha value is -3.60. The van der Waals surface area contributed by atoms with Crippen LogP contribution in [0.2, 0.25) is 0 Å². The van der Waals surface area contributed by atoms with Crippen LogP contribution in [0.25, 0.3) is 22.0 Å². The molecular formula is C20H15N3O2. The Morgan fingerprint density at radius 2 is 1.88 bits per heavy atom. The monoisotopic (exact) mass is 329 g/mol. The lowest BCUT2D eigenvalue weighted by Gasteiger charge is -2.08. The number of benzene rings is 2. The number of H-pyrrole nitrogens is 1. The molecule has 0 spiro atoms. The zero-order valence-corrected chi connectivity index (χ0v) is 13.3. The van der Waals surface area contributed by atoms with Gasteiger partial charge in [-0.2, -0.15) is 0 Å². The molecule has 0 fully saturated rings. The second-order valence-corrected chi connectivity index (χ2v) is 5.53. The second-order valence-electron chi connectivity index (χ2n) is 5.53. The third kappa shape index (κ3) is 3.21. The van der Waals surface area contributed by atoms with Crippen molar-refractivity contribution in [3.8, 4) is 16.9 Å². The molecule has 0 saturated heterocycles. The molecule has 0 bridgehead atoms. The van der Waals surface area contributed by atoms with E-state index in [2.05, 4.69) is 15.3 Å². The number of pyridine rings is 1. The molecule has 5 heteroatoms. The highest BCUT2D eigenvalue weighted by Gasteiger charge is 2.08. The topological polar surface area (TPSA) is 67.0 Å². The van der Waals surface area contributed by atoms with Gasteiger partial charge in [0.25, 0.3) is 0 Å². The van der Waals surface area contributed by atoms with Crippen molar-refractivity contribution in [3.05, 3.63) is 79.3 Å². The van der Waals surface area contributed by atoms with Gasteiger partial charge in [0.1, 0.15) is 5.75 Å². The number of carbonyl (C=O) groups excluding carboxylic acids is 1. The minimum Gasteiger partial charge on any atom is -0.410 e. The van der Waals surface area contributed by atoms with Gasteiger partial charge in [0.2, 0.25) is 0 Å². The summed E-state index contributed by atoms with van der Waals surface area (Å²) in [4.78, 5) is 19.5. The van der Waals surface area contributed by atoms with Crippen molar-refractivity contribution in [1.82, 2.24) is 9.97 Å². The third-order valence-corrected chi connectivity index (χ3v) is 3.84. The lowest BCUT2D eigenvalue weighted by atomic mass is 10.0. The van der Waals surface area contributed by atoms with Crippen LogP contribution in [-0.2, 0) is 0 Å². The van der Waals surface area contributed by atoms with Crippen LogP contribution in [-0.4, -0.2) is 16.1 Å². The Morgan fingerprint density at radius 3 is 2.76 bits per heavy atom. The van der Waals surface area contributed by atoms with Crippen molar-refractivity contribution < 1.29 is 9.53 Å². The van der Waals surface area contributed by atoms with Crippen LogP contribution in [0.15, 0.2) is 79.3 Å². The van der Waals surface area contributed by atoms with E-state index in [0.29, 0.717) is 11.4 Å². The van der Waals surface area contributed by atoms with Crippen molar-refractivity contribution in [2.75, 3.05) is 5.32 Å². The maximum absolute atomic E-state index is 12.0. The highest BCUT2D eigenvalue weighted by Crippen LogP contribution is 2.29. The smallest absolute Gasteiger partial charge is 0.410 e. The molecular weight excluding hydrogens is 314 g/mol. The van der Waals surface area contributed by atoms with Crippen LogP contribution in [0.3, 0.4) is 0 Å². The van der Waals surface area contributed by atoms with E-state index < -0.39 is 6.09 Å². The number of aromatic nitrogens is 2. The number of carbonyl (C=O) groups is 1. The Bertz CT molecular complexity index is 1030. The van der Waals surface area contributed by atoms with Crippen LogP contribution < -0.4 is 10.1 Å². The van der Waals surface area contributed by atoms with E-state index >= 15 is 0 Å². The first-order chi connectivity index (χ1) is 12.3. The largest absolute Gasteiger partial charge is 0.417 e. The third-order valence-electron chi connectivity index (χ3n) is 3.84. The summed E-state index contributed by atoms with van der Waals surface area (Å²) < 4.78 is 5.24. The van der Waals surface area contributed by atoms with Gasteiger partial charge < -0.3 is 9.72 Å². The average molecular weight is 329 g/mol. The van der Waals surface area contributed by atoms with E-state index in [-0.39, 0.29) is 0 Å². The van der Waals surface area contributed by atoms with E-state index in [0.717, 1.165) is 22.0 Å². The number of rotatable bonds is 3. The van der Waals surface area contributed by atoms with Crippen LogP contribution in [0.1, 0.15) is 0 Å². The number of anilines is 1. The summed E-state index contributed by atoms with van der Waals surface area (Å²) in [6, 6.07) is 18.9. The summed E-state index contributed by atoms with van der Waals surface area (Å²) in [5.74, 6) is 0.487. The minimum atomic E-state index is -0.551. The van der Waals surface area contributed by atoms with E-state index in [4.69, 9.17) is 4.74 Å². The molecule has 4 rings (SSSR count). The maximum Gasteiger partial charge on any atom is 0.417 e. The molecule has 0 aliphatic carbocycles. The molecule has 2 aromatic heterocycles. The number of hydrogen-bond acceptors (Lipinski definition) is 3. The van der Waals surface area contributed by atoms with Crippen LogP contribution in [0.4, 0.5) is 10.5 Å². The predicted molar refractivity (Wildman–Crippen MR) is 97.6 cm³/mol. The molecule has 0 atom stereocenters. The van der Waals surface area contributed by atoms with Gasteiger partial charge in [0.15, 0.2) is 0 Å². The highest BCUT2D eigenvalue weighted by atomic mass is 16.6. The van der Waals surface area contributed by atoms with Gasteiger partial charge >= 0.3 is 6.09 Å². The first-order valence-electron chi connectivity index (χ1n) is 7.85. The molecule has 2 aromatic carbocycles. The van der Waals surface area contributed by atoms with Crippen molar-refractivity contribution in [3.63, 3.8) is 0 Å². The molecule has 2 N–H and O–H groups in total. The second kappa shape index (κ2) is 6.49. The fraction of sp³-hybridized carbons (Fsp3) is 0. The lowest BCUT2D eigenvalue weighted by Crippen LogP contribution is -2.16. The number of fused-ring (bicyclic) bond motifs is 1. The number of ether oxygens (including phenoxy) is 1. The molecule has 1 amide bonds. The molecule has 0 aliphatic rings. The van der Waals surface area contributed by atoms with Crippen LogP contribution in [0, 0.1) is 0 Å². The molecule has 0 unspecified atom stereocenters. The normalized spacial score (nSPS) is 10.6. The van der Waals surface area contributed by atoms with Gasteiger partial charge in [0.05, 0.1) is 11.9 Å². The molecule has 0 radical (unpaired) electrons. The molecule has 25 heavy (non-hydrogen) atoms. The highest BCUT2D eigenvalue weighted by molar-refractivity contribution is 5.96. The van der Waals surface area contributed by atoms with Crippen molar-refractivity contribution in [1.29, 1.82) is 0 Å². The molecule has 4 aromatic rings. The van der Waals surface area contributed by atoms with Crippen LogP contribution >= 0.6 is 0 Å². The first-order valence-corrected chi connectivity index (χ1v) is 7.85. The molecule has 0 aliphatic heterocycles. The zero-order chi connectivity index (χ0) is 17.1. The van der Waals surface area contributed by atoms with Gasteiger partial charge in [-0.3, -0.25) is 10.3 Å². The Morgan fingerprint density at radius 1 is 1.00 bits per heavy atom. The number of nitrogens with one attached hydrogen (secondary N) is 2. The summed E-state index contributed by atoms with van der Waals surface area (Å²) in [6.45, 7) is 0. The summed E-state index contributed by atoms with van der Waals surface area (Å²) in [6.07, 6.45) is 4.72. The number of hydrogen-bond donors (Lipinski definition) is 2. The first kappa shape index (κ1) is 15.0. The van der Waals surface area contributed by atoms with E-state index in [9.17, 15) is 4.79 Å². The lowest BCUT2D eigenvalue weighted by molar-refractivity contribution is 0.215. The van der Waals surface area contributed by atoms with E-state index in [1.54, 1.807) is 24.5 Å².